The lowest BCUT2D eigenvalue weighted by atomic mass is 10.0. The SMILES string of the molecule is CC(C)c1ccc(NC(=O)CN(c2ccccc2)S(C)(=O)=O)cc1. The average molecular weight is 346 g/mol. The zero-order chi connectivity index (χ0) is 17.7. The molecule has 24 heavy (non-hydrogen) atoms. The third-order valence-corrected chi connectivity index (χ3v) is 4.73. The smallest absolute Gasteiger partial charge is 0.245 e. The van der Waals surface area contributed by atoms with Gasteiger partial charge in [0.1, 0.15) is 6.54 Å². The highest BCUT2D eigenvalue weighted by Gasteiger charge is 2.20. The Balaban J connectivity index is 2.11. The molecular weight excluding hydrogens is 324 g/mol. The zero-order valence-corrected chi connectivity index (χ0v) is 14.9. The Morgan fingerprint density at radius 1 is 1.04 bits per heavy atom. The van der Waals surface area contributed by atoms with E-state index >= 15 is 0 Å². The van der Waals surface area contributed by atoms with E-state index in [1.165, 1.54) is 5.56 Å². The molecule has 2 rings (SSSR count). The summed E-state index contributed by atoms with van der Waals surface area (Å²) in [7, 11) is -3.55. The summed E-state index contributed by atoms with van der Waals surface area (Å²) < 4.78 is 25.1. The summed E-state index contributed by atoms with van der Waals surface area (Å²) >= 11 is 0. The minimum absolute atomic E-state index is 0.269. The highest BCUT2D eigenvalue weighted by molar-refractivity contribution is 7.92. The maximum atomic E-state index is 12.2. The molecule has 2 aromatic carbocycles. The molecule has 0 aliphatic heterocycles. The summed E-state index contributed by atoms with van der Waals surface area (Å²) in [5, 5.41) is 2.74. The van der Waals surface area contributed by atoms with Crippen molar-refractivity contribution in [3.05, 3.63) is 60.2 Å². The first-order valence-corrected chi connectivity index (χ1v) is 9.55. The number of amides is 1. The van der Waals surface area contributed by atoms with Crippen LogP contribution in [0.25, 0.3) is 0 Å². The minimum Gasteiger partial charge on any atom is -0.325 e. The van der Waals surface area contributed by atoms with Crippen molar-refractivity contribution in [2.45, 2.75) is 19.8 Å². The molecule has 0 aliphatic rings. The molecule has 0 fully saturated rings. The molecule has 0 radical (unpaired) electrons. The fourth-order valence-electron chi connectivity index (χ4n) is 2.28. The van der Waals surface area contributed by atoms with E-state index in [0.29, 0.717) is 17.3 Å². The molecule has 5 nitrogen and oxygen atoms in total. The normalized spacial score (nSPS) is 11.3. The number of nitrogens with zero attached hydrogens (tertiary/aromatic N) is 1. The number of nitrogens with one attached hydrogen (secondary N) is 1. The van der Waals surface area contributed by atoms with Crippen LogP contribution >= 0.6 is 0 Å². The van der Waals surface area contributed by atoms with Crippen LogP contribution in [-0.4, -0.2) is 27.1 Å². The molecule has 0 heterocycles. The molecule has 0 saturated carbocycles. The standard InChI is InChI=1S/C18H22N2O3S/c1-14(2)15-9-11-16(12-10-15)19-18(21)13-20(24(3,22)23)17-7-5-4-6-8-17/h4-12,14H,13H2,1-3H3,(H,19,21). The molecule has 6 heteroatoms. The van der Waals surface area contributed by atoms with Crippen molar-refractivity contribution < 1.29 is 13.2 Å². The number of sulfonamides is 1. The monoisotopic (exact) mass is 346 g/mol. The van der Waals surface area contributed by atoms with Crippen LogP contribution < -0.4 is 9.62 Å². The first kappa shape index (κ1) is 18.0. The van der Waals surface area contributed by atoms with Crippen molar-refractivity contribution in [1.29, 1.82) is 0 Å². The molecule has 0 bridgehead atoms. The number of para-hydroxylation sites is 1. The molecule has 0 unspecified atom stereocenters. The Morgan fingerprint density at radius 2 is 1.62 bits per heavy atom. The van der Waals surface area contributed by atoms with Gasteiger partial charge in [-0.1, -0.05) is 44.2 Å². The molecule has 0 spiro atoms. The average Bonchev–Trinajstić information content (AvgIpc) is 2.53. The first-order valence-electron chi connectivity index (χ1n) is 7.70. The summed E-state index contributed by atoms with van der Waals surface area (Å²) in [5.74, 6) is 0.0233. The second-order valence-corrected chi connectivity index (χ2v) is 7.84. The zero-order valence-electron chi connectivity index (χ0n) is 14.1. The van der Waals surface area contributed by atoms with E-state index in [2.05, 4.69) is 19.2 Å². The van der Waals surface area contributed by atoms with E-state index in [-0.39, 0.29) is 12.5 Å². The summed E-state index contributed by atoms with van der Waals surface area (Å²) in [6, 6.07) is 16.1. The first-order chi connectivity index (χ1) is 11.3. The van der Waals surface area contributed by atoms with Gasteiger partial charge in [-0.15, -0.1) is 0 Å². The molecule has 128 valence electrons. The van der Waals surface area contributed by atoms with Crippen molar-refractivity contribution in [2.24, 2.45) is 0 Å². The van der Waals surface area contributed by atoms with Gasteiger partial charge in [0.15, 0.2) is 0 Å². The van der Waals surface area contributed by atoms with Gasteiger partial charge in [-0.25, -0.2) is 8.42 Å². The van der Waals surface area contributed by atoms with Crippen LogP contribution in [0.4, 0.5) is 11.4 Å². The van der Waals surface area contributed by atoms with Crippen molar-refractivity contribution in [3.8, 4) is 0 Å². The highest BCUT2D eigenvalue weighted by atomic mass is 32.2. The Morgan fingerprint density at radius 3 is 2.12 bits per heavy atom. The van der Waals surface area contributed by atoms with Crippen molar-refractivity contribution >= 4 is 27.3 Å². The van der Waals surface area contributed by atoms with Gasteiger partial charge >= 0.3 is 0 Å². The third kappa shape index (κ3) is 4.83. The van der Waals surface area contributed by atoms with Gasteiger partial charge in [0.25, 0.3) is 0 Å². The number of hydrogen-bond acceptors (Lipinski definition) is 3. The summed E-state index contributed by atoms with van der Waals surface area (Å²) in [6.45, 7) is 3.92. The van der Waals surface area contributed by atoms with Crippen LogP contribution in [0.5, 0.6) is 0 Å². The van der Waals surface area contributed by atoms with Crippen molar-refractivity contribution in [1.82, 2.24) is 0 Å². The number of rotatable bonds is 6. The molecular formula is C18H22N2O3S. The van der Waals surface area contributed by atoms with E-state index in [0.717, 1.165) is 10.6 Å². The summed E-state index contributed by atoms with van der Waals surface area (Å²) in [5.41, 5.74) is 2.28. The van der Waals surface area contributed by atoms with Gasteiger partial charge in [-0.3, -0.25) is 9.10 Å². The quantitative estimate of drug-likeness (QED) is 0.873. The number of carbonyl (C=O) groups is 1. The van der Waals surface area contributed by atoms with Gasteiger partial charge < -0.3 is 5.32 Å². The molecule has 2 aromatic rings. The van der Waals surface area contributed by atoms with Gasteiger partial charge in [0.2, 0.25) is 15.9 Å². The number of anilines is 2. The largest absolute Gasteiger partial charge is 0.325 e. The van der Waals surface area contributed by atoms with Crippen LogP contribution in [0.3, 0.4) is 0 Å². The maximum Gasteiger partial charge on any atom is 0.245 e. The van der Waals surface area contributed by atoms with Gasteiger partial charge in [0.05, 0.1) is 11.9 Å². The fourth-order valence-corrected chi connectivity index (χ4v) is 3.13. The molecule has 0 aliphatic carbocycles. The second kappa shape index (κ2) is 7.49. The Labute approximate surface area is 143 Å². The Hall–Kier alpha value is -2.34. The van der Waals surface area contributed by atoms with Crippen LogP contribution in [0.1, 0.15) is 25.3 Å². The number of benzene rings is 2. The second-order valence-electron chi connectivity index (χ2n) is 5.93. The highest BCUT2D eigenvalue weighted by Crippen LogP contribution is 2.19. The Bertz CT molecular complexity index is 785. The van der Waals surface area contributed by atoms with E-state index in [1.807, 2.05) is 24.3 Å². The third-order valence-electron chi connectivity index (χ3n) is 3.59. The lowest BCUT2D eigenvalue weighted by Gasteiger charge is -2.21. The number of carbonyl (C=O) groups excluding carboxylic acids is 1. The lowest BCUT2D eigenvalue weighted by molar-refractivity contribution is -0.114. The molecule has 1 N–H and O–H groups in total. The van der Waals surface area contributed by atoms with Crippen LogP contribution in [0, 0.1) is 0 Å². The topological polar surface area (TPSA) is 66.5 Å². The summed E-state index contributed by atoms with van der Waals surface area (Å²) in [4.78, 5) is 12.2. The van der Waals surface area contributed by atoms with Crippen molar-refractivity contribution in [2.75, 3.05) is 22.4 Å². The van der Waals surface area contributed by atoms with E-state index < -0.39 is 10.0 Å². The lowest BCUT2D eigenvalue weighted by Crippen LogP contribution is -2.37. The van der Waals surface area contributed by atoms with E-state index in [4.69, 9.17) is 0 Å². The maximum absolute atomic E-state index is 12.2. The molecule has 0 saturated heterocycles. The molecule has 0 aromatic heterocycles. The molecule has 0 atom stereocenters. The van der Waals surface area contributed by atoms with Gasteiger partial charge in [-0.05, 0) is 35.7 Å². The van der Waals surface area contributed by atoms with Crippen LogP contribution in [0.15, 0.2) is 54.6 Å². The summed E-state index contributed by atoms with van der Waals surface area (Å²) in [6.07, 6.45) is 1.09. The predicted octanol–water partition coefficient (Wildman–Crippen LogP) is 3.21. The fraction of sp³-hybridized carbons (Fsp3) is 0.278. The van der Waals surface area contributed by atoms with Crippen molar-refractivity contribution in [3.63, 3.8) is 0 Å². The van der Waals surface area contributed by atoms with Crippen LogP contribution in [-0.2, 0) is 14.8 Å². The predicted molar refractivity (Wildman–Crippen MR) is 97.8 cm³/mol. The van der Waals surface area contributed by atoms with Gasteiger partial charge in [-0.2, -0.15) is 0 Å². The van der Waals surface area contributed by atoms with E-state index in [9.17, 15) is 13.2 Å². The minimum atomic E-state index is -3.55. The Kier molecular flexibility index (Phi) is 5.62. The van der Waals surface area contributed by atoms with Gasteiger partial charge in [0, 0.05) is 5.69 Å². The van der Waals surface area contributed by atoms with E-state index in [1.54, 1.807) is 30.3 Å². The van der Waals surface area contributed by atoms with Crippen LogP contribution in [0.2, 0.25) is 0 Å². The number of hydrogen-bond donors (Lipinski definition) is 1. The molecule has 1 amide bonds.